The third-order valence-corrected chi connectivity index (χ3v) is 5.48. The summed E-state index contributed by atoms with van der Waals surface area (Å²) >= 11 is 0. The highest BCUT2D eigenvalue weighted by molar-refractivity contribution is 7.92. The fraction of sp³-hybridized carbons (Fsp3) is 0.750. The highest BCUT2D eigenvalue weighted by Crippen LogP contribution is 2.37. The van der Waals surface area contributed by atoms with Crippen LogP contribution in [-0.2, 0) is 22.9 Å². The molecule has 0 aliphatic carbocycles. The number of aromatic nitrogens is 2. The Hall–Kier alpha value is -0.880. The molecular formula is C12H21N3O2S. The van der Waals surface area contributed by atoms with Crippen LogP contribution in [0.25, 0.3) is 0 Å². The molecule has 1 aromatic rings. The van der Waals surface area contributed by atoms with Gasteiger partial charge in [0.05, 0.1) is 23.7 Å². The molecule has 2 aliphatic rings. The summed E-state index contributed by atoms with van der Waals surface area (Å²) < 4.78 is 24.7. The first kappa shape index (κ1) is 13.5. The number of rotatable bonds is 0. The molecule has 1 spiro atoms. The summed E-state index contributed by atoms with van der Waals surface area (Å²) in [6, 6.07) is 2.00. The van der Waals surface area contributed by atoms with E-state index in [2.05, 4.69) is 10.00 Å². The average Bonchev–Trinajstić information content (AvgIpc) is 2.60. The summed E-state index contributed by atoms with van der Waals surface area (Å²) in [6.07, 6.45) is 1.79. The van der Waals surface area contributed by atoms with Gasteiger partial charge in [-0.1, -0.05) is 13.8 Å². The minimum Gasteiger partial charge on any atom is -0.300 e. The molecule has 1 aromatic heterocycles. The second-order valence-electron chi connectivity index (χ2n) is 5.18. The second-order valence-corrected chi connectivity index (χ2v) is 7.25. The van der Waals surface area contributed by atoms with Crippen LogP contribution in [-0.4, -0.2) is 48.2 Å². The van der Waals surface area contributed by atoms with Gasteiger partial charge in [0, 0.05) is 24.7 Å². The van der Waals surface area contributed by atoms with Crippen molar-refractivity contribution in [3.05, 3.63) is 18.0 Å². The van der Waals surface area contributed by atoms with Crippen LogP contribution < -0.4 is 0 Å². The molecule has 0 atom stereocenters. The molecule has 1 saturated heterocycles. The number of hydrogen-bond donors (Lipinski definition) is 0. The molecule has 6 heteroatoms. The van der Waals surface area contributed by atoms with Crippen molar-refractivity contribution >= 4 is 9.84 Å². The van der Waals surface area contributed by atoms with Crippen molar-refractivity contribution in [1.82, 2.24) is 14.7 Å². The summed E-state index contributed by atoms with van der Waals surface area (Å²) in [5.41, 5.74) is 1.06. The van der Waals surface area contributed by atoms with Crippen LogP contribution in [0.3, 0.4) is 0 Å². The molecule has 0 bridgehead atoms. The normalized spacial score (nSPS) is 24.4. The lowest BCUT2D eigenvalue weighted by atomic mass is 9.91. The number of hydrogen-bond acceptors (Lipinski definition) is 4. The molecule has 5 nitrogen and oxygen atoms in total. The average molecular weight is 271 g/mol. The van der Waals surface area contributed by atoms with Crippen molar-refractivity contribution in [2.75, 3.05) is 25.1 Å². The molecule has 0 unspecified atom stereocenters. The Morgan fingerprint density at radius 1 is 1.28 bits per heavy atom. The van der Waals surface area contributed by atoms with E-state index in [1.165, 1.54) is 5.69 Å². The minimum absolute atomic E-state index is 0.106. The smallest absolute Gasteiger partial charge is 0.151 e. The van der Waals surface area contributed by atoms with Crippen molar-refractivity contribution in [3.63, 3.8) is 0 Å². The molecule has 0 aromatic carbocycles. The number of nitrogens with zero attached hydrogens (tertiary/aromatic N) is 3. The number of sulfone groups is 1. The first-order valence-corrected chi connectivity index (χ1v) is 8.20. The Morgan fingerprint density at radius 2 is 1.94 bits per heavy atom. The Kier molecular flexibility index (Phi) is 3.51. The Labute approximate surface area is 109 Å². The van der Waals surface area contributed by atoms with Gasteiger partial charge in [0.25, 0.3) is 0 Å². The van der Waals surface area contributed by atoms with Crippen molar-refractivity contribution in [2.45, 2.75) is 26.9 Å². The molecule has 0 N–H and O–H groups in total. The zero-order chi connectivity index (χ0) is 13.4. The maximum absolute atomic E-state index is 11.4. The van der Waals surface area contributed by atoms with E-state index in [1.54, 1.807) is 6.20 Å². The van der Waals surface area contributed by atoms with Crippen LogP contribution in [0.15, 0.2) is 12.3 Å². The second kappa shape index (κ2) is 4.66. The maximum Gasteiger partial charge on any atom is 0.151 e. The zero-order valence-corrected chi connectivity index (χ0v) is 12.1. The van der Waals surface area contributed by atoms with Crippen LogP contribution in [0.5, 0.6) is 0 Å². The quantitative estimate of drug-likeness (QED) is 0.699. The van der Waals surface area contributed by atoms with E-state index in [4.69, 9.17) is 0 Å². The maximum atomic E-state index is 11.4. The van der Waals surface area contributed by atoms with Crippen LogP contribution in [0.4, 0.5) is 0 Å². The van der Waals surface area contributed by atoms with Gasteiger partial charge in [0.2, 0.25) is 0 Å². The highest BCUT2D eigenvalue weighted by Gasteiger charge is 2.50. The molecule has 2 aliphatic heterocycles. The van der Waals surface area contributed by atoms with E-state index in [9.17, 15) is 8.42 Å². The van der Waals surface area contributed by atoms with E-state index in [-0.39, 0.29) is 5.41 Å². The summed E-state index contributed by atoms with van der Waals surface area (Å²) in [7, 11) is -0.745. The molecule has 102 valence electrons. The monoisotopic (exact) mass is 271 g/mol. The minimum atomic E-state index is -2.78. The molecule has 0 amide bonds. The van der Waals surface area contributed by atoms with Gasteiger partial charge in [-0.05, 0) is 13.1 Å². The SMILES string of the molecule is CC.CN1Cc2ccnn2CC2(C1)CS(=O)(=O)C2. The van der Waals surface area contributed by atoms with Crippen LogP contribution in [0.1, 0.15) is 19.5 Å². The lowest BCUT2D eigenvalue weighted by Gasteiger charge is -2.41. The van der Waals surface area contributed by atoms with Crippen LogP contribution in [0.2, 0.25) is 0 Å². The Bertz CT molecular complexity index is 509. The standard InChI is InChI=1S/C10H15N3O2S.C2H6/c1-12-4-9-2-3-11-13(9)6-10(5-12)7-16(14,15)8-10;1-2/h2-3H,4-8H2,1H3;1-2H3. The topological polar surface area (TPSA) is 55.2 Å². The molecule has 0 radical (unpaired) electrons. The fourth-order valence-corrected chi connectivity index (χ4v) is 5.13. The van der Waals surface area contributed by atoms with Gasteiger partial charge in [0.1, 0.15) is 0 Å². The summed E-state index contributed by atoms with van der Waals surface area (Å²) in [6.45, 7) is 6.43. The van der Waals surface area contributed by atoms with E-state index < -0.39 is 9.84 Å². The van der Waals surface area contributed by atoms with Gasteiger partial charge >= 0.3 is 0 Å². The summed E-state index contributed by atoms with van der Waals surface area (Å²) in [4.78, 5) is 2.19. The molecule has 1 fully saturated rings. The fourth-order valence-electron chi connectivity index (χ4n) is 2.98. The summed E-state index contributed by atoms with van der Waals surface area (Å²) in [5.74, 6) is 0.618. The van der Waals surface area contributed by atoms with Gasteiger partial charge in [0.15, 0.2) is 9.84 Å². The van der Waals surface area contributed by atoms with E-state index in [0.29, 0.717) is 11.5 Å². The molecule has 0 saturated carbocycles. The van der Waals surface area contributed by atoms with Gasteiger partial charge in [-0.3, -0.25) is 9.58 Å². The number of fused-ring (bicyclic) bond motifs is 1. The van der Waals surface area contributed by atoms with Crippen LogP contribution in [0, 0.1) is 5.41 Å². The first-order chi connectivity index (χ1) is 8.48. The third kappa shape index (κ3) is 2.44. The van der Waals surface area contributed by atoms with Gasteiger partial charge in [-0.2, -0.15) is 5.10 Å². The first-order valence-electron chi connectivity index (χ1n) is 6.38. The van der Waals surface area contributed by atoms with Crippen molar-refractivity contribution in [1.29, 1.82) is 0 Å². The lowest BCUT2D eigenvalue weighted by Crippen LogP contribution is -2.55. The highest BCUT2D eigenvalue weighted by atomic mass is 32.2. The molecular weight excluding hydrogens is 250 g/mol. The predicted octanol–water partition coefficient (Wildman–Crippen LogP) is 0.770. The van der Waals surface area contributed by atoms with Crippen molar-refractivity contribution in [3.8, 4) is 0 Å². The van der Waals surface area contributed by atoms with Crippen LogP contribution >= 0.6 is 0 Å². The lowest BCUT2D eigenvalue weighted by molar-refractivity contribution is 0.190. The van der Waals surface area contributed by atoms with Gasteiger partial charge < -0.3 is 0 Å². The zero-order valence-electron chi connectivity index (χ0n) is 11.3. The van der Waals surface area contributed by atoms with E-state index >= 15 is 0 Å². The Morgan fingerprint density at radius 3 is 2.56 bits per heavy atom. The van der Waals surface area contributed by atoms with Crippen molar-refractivity contribution < 1.29 is 8.42 Å². The van der Waals surface area contributed by atoms with E-state index in [1.807, 2.05) is 31.6 Å². The molecule has 18 heavy (non-hydrogen) atoms. The Balaban J connectivity index is 0.000000574. The molecule has 3 heterocycles. The van der Waals surface area contributed by atoms with Gasteiger partial charge in [-0.15, -0.1) is 0 Å². The van der Waals surface area contributed by atoms with Gasteiger partial charge in [-0.25, -0.2) is 8.42 Å². The summed E-state index contributed by atoms with van der Waals surface area (Å²) in [5, 5.41) is 4.27. The van der Waals surface area contributed by atoms with Crippen molar-refractivity contribution in [2.24, 2.45) is 5.41 Å². The van der Waals surface area contributed by atoms with E-state index in [0.717, 1.165) is 19.6 Å². The third-order valence-electron chi connectivity index (χ3n) is 3.38. The molecule has 3 rings (SSSR count). The largest absolute Gasteiger partial charge is 0.300 e. The predicted molar refractivity (Wildman–Crippen MR) is 71.0 cm³/mol.